The molecular formula is C20H23BrN4O5. The maximum Gasteiger partial charge on any atom is 0.342 e. The molecule has 0 amide bonds. The topological polar surface area (TPSA) is 119 Å². The van der Waals surface area contributed by atoms with E-state index in [1.807, 2.05) is 13.8 Å². The minimum absolute atomic E-state index is 0.0266. The molecule has 0 spiro atoms. The Morgan fingerprint density at radius 1 is 1.27 bits per heavy atom. The number of carbonyl (C=O) groups is 1. The number of unbranched alkanes of at least 4 members (excludes halogenated alkanes) is 1. The Bertz CT molecular complexity index is 1220. The van der Waals surface area contributed by atoms with E-state index in [9.17, 15) is 19.5 Å². The maximum atomic E-state index is 12.5. The lowest BCUT2D eigenvalue weighted by Crippen LogP contribution is -2.31. The molecule has 2 aromatic heterocycles. The zero-order chi connectivity index (χ0) is 22.0. The molecule has 2 heterocycles. The summed E-state index contributed by atoms with van der Waals surface area (Å²) in [5.41, 5.74) is 0.291. The second kappa shape index (κ2) is 8.86. The standard InChI is InChI=1S/C20H23BrN4O5/c1-4-6-7-25-17-15(18(27)23-20(25)29)24(5-2)14(22-17)10-30-19(28)12-8-11(3)9-13(21)16(12)26/h8-9,26H,4-7,10H2,1-3H3,(H,23,27,29). The number of benzene rings is 1. The van der Waals surface area contributed by atoms with Crippen LogP contribution in [0.3, 0.4) is 0 Å². The van der Waals surface area contributed by atoms with Crippen LogP contribution >= 0.6 is 15.9 Å². The second-order valence-electron chi connectivity index (χ2n) is 6.93. The molecule has 2 N–H and O–H groups in total. The van der Waals surface area contributed by atoms with Crippen LogP contribution in [0.15, 0.2) is 26.2 Å². The van der Waals surface area contributed by atoms with Crippen molar-refractivity contribution in [2.45, 2.75) is 53.3 Å². The molecule has 0 unspecified atom stereocenters. The number of hydrogen-bond donors (Lipinski definition) is 2. The largest absolute Gasteiger partial charge is 0.506 e. The van der Waals surface area contributed by atoms with Gasteiger partial charge in [0.1, 0.15) is 23.7 Å². The summed E-state index contributed by atoms with van der Waals surface area (Å²) in [6.45, 7) is 6.24. The fourth-order valence-corrected chi connectivity index (χ4v) is 3.86. The van der Waals surface area contributed by atoms with E-state index in [0.717, 1.165) is 18.4 Å². The van der Waals surface area contributed by atoms with Crippen LogP contribution in [0.25, 0.3) is 11.2 Å². The summed E-state index contributed by atoms with van der Waals surface area (Å²) in [4.78, 5) is 44.0. The number of fused-ring (bicyclic) bond motifs is 1. The van der Waals surface area contributed by atoms with Crippen LogP contribution in [0.2, 0.25) is 0 Å². The lowest BCUT2D eigenvalue weighted by Gasteiger charge is -2.09. The summed E-state index contributed by atoms with van der Waals surface area (Å²) in [5.74, 6) is -0.586. The Kier molecular flexibility index (Phi) is 6.45. The highest BCUT2D eigenvalue weighted by molar-refractivity contribution is 9.10. The van der Waals surface area contributed by atoms with Crippen LogP contribution in [-0.2, 0) is 24.4 Å². The van der Waals surface area contributed by atoms with Gasteiger partial charge in [-0.2, -0.15) is 0 Å². The average Bonchev–Trinajstić information content (AvgIpc) is 3.07. The number of H-pyrrole nitrogens is 1. The number of esters is 1. The molecule has 0 bridgehead atoms. The van der Waals surface area contributed by atoms with Gasteiger partial charge in [0.15, 0.2) is 11.2 Å². The van der Waals surface area contributed by atoms with Gasteiger partial charge >= 0.3 is 11.7 Å². The van der Waals surface area contributed by atoms with Crippen molar-refractivity contribution < 1.29 is 14.6 Å². The Morgan fingerprint density at radius 3 is 2.67 bits per heavy atom. The summed E-state index contributed by atoms with van der Waals surface area (Å²) < 4.78 is 8.81. The van der Waals surface area contributed by atoms with Crippen LogP contribution in [0, 0.1) is 6.92 Å². The van der Waals surface area contributed by atoms with E-state index in [1.54, 1.807) is 17.6 Å². The predicted molar refractivity (Wildman–Crippen MR) is 115 cm³/mol. The van der Waals surface area contributed by atoms with Crippen LogP contribution in [0.4, 0.5) is 0 Å². The molecule has 0 saturated carbocycles. The number of phenolic OH excluding ortho intramolecular Hbond substituents is 1. The van der Waals surface area contributed by atoms with Gasteiger partial charge in [-0.05, 0) is 53.9 Å². The zero-order valence-electron chi connectivity index (χ0n) is 17.0. The number of aromatic hydroxyl groups is 1. The molecule has 0 aliphatic heterocycles. The first-order valence-corrected chi connectivity index (χ1v) is 10.5. The molecule has 0 aliphatic rings. The van der Waals surface area contributed by atoms with E-state index < -0.39 is 17.2 Å². The third-order valence-corrected chi connectivity index (χ3v) is 5.38. The first-order valence-electron chi connectivity index (χ1n) is 9.66. The van der Waals surface area contributed by atoms with E-state index in [4.69, 9.17) is 4.74 Å². The summed E-state index contributed by atoms with van der Waals surface area (Å²) in [7, 11) is 0. The number of carbonyl (C=O) groups excluding carboxylic acids is 1. The first kappa shape index (κ1) is 21.8. The monoisotopic (exact) mass is 478 g/mol. The number of halogens is 1. The van der Waals surface area contributed by atoms with Crippen molar-refractivity contribution in [2.24, 2.45) is 0 Å². The summed E-state index contributed by atoms with van der Waals surface area (Å²) in [6.07, 6.45) is 1.63. The number of aryl methyl sites for hydroxylation is 3. The molecule has 3 aromatic rings. The molecule has 10 heteroatoms. The highest BCUT2D eigenvalue weighted by Crippen LogP contribution is 2.30. The van der Waals surface area contributed by atoms with Gasteiger partial charge in [-0.1, -0.05) is 13.3 Å². The van der Waals surface area contributed by atoms with Crippen molar-refractivity contribution in [3.63, 3.8) is 0 Å². The van der Waals surface area contributed by atoms with E-state index in [2.05, 4.69) is 25.9 Å². The molecular weight excluding hydrogens is 456 g/mol. The van der Waals surface area contributed by atoms with Gasteiger partial charge in [-0.15, -0.1) is 0 Å². The highest BCUT2D eigenvalue weighted by atomic mass is 79.9. The Morgan fingerprint density at radius 2 is 2.00 bits per heavy atom. The van der Waals surface area contributed by atoms with Crippen molar-refractivity contribution in [3.05, 3.63) is 54.4 Å². The van der Waals surface area contributed by atoms with Gasteiger partial charge in [0.25, 0.3) is 5.56 Å². The van der Waals surface area contributed by atoms with Crippen LogP contribution < -0.4 is 11.2 Å². The molecule has 0 saturated heterocycles. The SMILES string of the molecule is CCCCn1c(=O)[nH]c(=O)c2c1nc(COC(=O)c1cc(C)cc(Br)c1O)n2CC. The number of nitrogens with one attached hydrogen (secondary N) is 1. The second-order valence-corrected chi connectivity index (χ2v) is 7.78. The smallest absolute Gasteiger partial charge is 0.342 e. The van der Waals surface area contributed by atoms with Crippen molar-refractivity contribution in [2.75, 3.05) is 0 Å². The van der Waals surface area contributed by atoms with Crippen LogP contribution in [0.5, 0.6) is 5.75 Å². The molecule has 3 rings (SSSR count). The highest BCUT2D eigenvalue weighted by Gasteiger charge is 2.20. The molecule has 1 aromatic carbocycles. The maximum absolute atomic E-state index is 12.5. The fourth-order valence-electron chi connectivity index (χ4n) is 3.29. The summed E-state index contributed by atoms with van der Waals surface area (Å²) in [6, 6.07) is 3.21. The Balaban J connectivity index is 1.99. The third kappa shape index (κ3) is 4.04. The summed E-state index contributed by atoms with van der Waals surface area (Å²) in [5, 5.41) is 10.1. The lowest BCUT2D eigenvalue weighted by atomic mass is 10.1. The summed E-state index contributed by atoms with van der Waals surface area (Å²) >= 11 is 3.21. The van der Waals surface area contributed by atoms with E-state index in [-0.39, 0.29) is 29.1 Å². The van der Waals surface area contributed by atoms with Gasteiger partial charge in [-0.3, -0.25) is 14.3 Å². The quantitative estimate of drug-likeness (QED) is 0.503. The zero-order valence-corrected chi connectivity index (χ0v) is 18.6. The number of rotatable bonds is 7. The minimum atomic E-state index is -0.719. The molecule has 0 radical (unpaired) electrons. The lowest BCUT2D eigenvalue weighted by molar-refractivity contribution is 0.0455. The number of aromatic nitrogens is 4. The van der Waals surface area contributed by atoms with Crippen molar-refractivity contribution >= 4 is 33.1 Å². The van der Waals surface area contributed by atoms with Crippen molar-refractivity contribution in [1.82, 2.24) is 19.1 Å². The molecule has 0 fully saturated rings. The van der Waals surface area contributed by atoms with Gasteiger partial charge in [0.05, 0.1) is 4.47 Å². The number of imidazole rings is 1. The molecule has 30 heavy (non-hydrogen) atoms. The van der Waals surface area contributed by atoms with Gasteiger partial charge in [0, 0.05) is 13.1 Å². The minimum Gasteiger partial charge on any atom is -0.506 e. The Hall–Kier alpha value is -2.88. The molecule has 160 valence electrons. The number of phenols is 1. The number of hydrogen-bond acceptors (Lipinski definition) is 6. The van der Waals surface area contributed by atoms with Crippen LogP contribution in [-0.4, -0.2) is 30.2 Å². The normalized spacial score (nSPS) is 11.2. The Labute approximate surface area is 180 Å². The van der Waals surface area contributed by atoms with E-state index in [0.29, 0.717) is 23.4 Å². The number of nitrogens with zero attached hydrogens (tertiary/aromatic N) is 3. The number of aromatic amines is 1. The predicted octanol–water partition coefficient (Wildman–Crippen LogP) is 2.84. The van der Waals surface area contributed by atoms with Crippen LogP contribution in [0.1, 0.15) is 48.4 Å². The van der Waals surface area contributed by atoms with E-state index in [1.165, 1.54) is 10.6 Å². The van der Waals surface area contributed by atoms with Gasteiger partial charge in [-0.25, -0.2) is 14.6 Å². The van der Waals surface area contributed by atoms with Crippen molar-refractivity contribution in [3.8, 4) is 5.75 Å². The molecule has 0 aliphatic carbocycles. The number of ether oxygens (including phenoxy) is 1. The molecule has 0 atom stereocenters. The van der Waals surface area contributed by atoms with Gasteiger partial charge < -0.3 is 14.4 Å². The fraction of sp³-hybridized carbons (Fsp3) is 0.400. The van der Waals surface area contributed by atoms with Gasteiger partial charge in [0.2, 0.25) is 0 Å². The third-order valence-electron chi connectivity index (χ3n) is 4.78. The average molecular weight is 479 g/mol. The molecule has 9 nitrogen and oxygen atoms in total. The van der Waals surface area contributed by atoms with E-state index >= 15 is 0 Å². The van der Waals surface area contributed by atoms with Crippen molar-refractivity contribution in [1.29, 1.82) is 0 Å². The first-order chi connectivity index (χ1) is 14.3.